The van der Waals surface area contributed by atoms with Gasteiger partial charge in [0.2, 0.25) is 17.6 Å². The molecule has 15 nitrogen and oxygen atoms in total. The first kappa shape index (κ1) is 30.3. The highest BCUT2D eigenvalue weighted by atomic mass is 16.6. The lowest BCUT2D eigenvalue weighted by atomic mass is 9.73. The van der Waals surface area contributed by atoms with Crippen LogP contribution in [0.4, 0.5) is 22.0 Å². The molecule has 0 bridgehead atoms. The number of nitrogens with zero attached hydrogens (tertiary/aromatic N) is 4. The maximum atomic E-state index is 12.8. The summed E-state index contributed by atoms with van der Waals surface area (Å²) in [5.74, 6) is -0.682. The van der Waals surface area contributed by atoms with Crippen LogP contribution in [0.5, 0.6) is 5.75 Å². The minimum Gasteiger partial charge on any atom is -0.494 e. The van der Waals surface area contributed by atoms with Crippen molar-refractivity contribution < 1.29 is 33.5 Å². The van der Waals surface area contributed by atoms with Gasteiger partial charge in [0.1, 0.15) is 27.8 Å². The van der Waals surface area contributed by atoms with Crippen LogP contribution >= 0.6 is 0 Å². The van der Waals surface area contributed by atoms with Crippen LogP contribution in [-0.4, -0.2) is 77.3 Å². The zero-order valence-electron chi connectivity index (χ0n) is 23.3. The highest BCUT2D eigenvalue weighted by Crippen LogP contribution is 2.37. The maximum absolute atomic E-state index is 12.8. The molecule has 0 unspecified atom stereocenters. The number of aromatic nitrogens is 4. The van der Waals surface area contributed by atoms with Gasteiger partial charge < -0.3 is 40.4 Å². The Morgan fingerprint density at radius 2 is 1.88 bits per heavy atom. The van der Waals surface area contributed by atoms with Gasteiger partial charge in [-0.2, -0.15) is 4.98 Å². The SMILES string of the molecule is [B]C([B])(O)NC(=O)c1nnc(NC(=O)C2CC2)cc1Nc1cccc(-c2noc(CNC(=O)OC(C)(C)C)n2)c1OC. The molecule has 4 radical (unpaired) electrons. The predicted molar refractivity (Wildman–Crippen MR) is 150 cm³/mol. The van der Waals surface area contributed by atoms with Crippen LogP contribution < -0.4 is 26.0 Å². The second-order valence-electron chi connectivity index (χ2n) is 10.4. The fourth-order valence-corrected chi connectivity index (χ4v) is 3.61. The highest BCUT2D eigenvalue weighted by molar-refractivity contribution is 6.39. The first-order valence-electron chi connectivity index (χ1n) is 12.8. The van der Waals surface area contributed by atoms with E-state index in [0.717, 1.165) is 12.8 Å². The molecule has 0 spiro atoms. The fraction of sp³-hybridized carbons (Fsp3) is 0.400. The van der Waals surface area contributed by atoms with Crippen LogP contribution in [0.2, 0.25) is 0 Å². The predicted octanol–water partition coefficient (Wildman–Crippen LogP) is 1.32. The number of aliphatic hydroxyl groups is 1. The van der Waals surface area contributed by atoms with Crippen molar-refractivity contribution in [1.29, 1.82) is 0 Å². The van der Waals surface area contributed by atoms with E-state index in [4.69, 9.17) is 29.7 Å². The molecule has 1 aliphatic rings. The average molecular weight is 574 g/mol. The number of carbonyl (C=O) groups is 3. The van der Waals surface area contributed by atoms with Crippen molar-refractivity contribution >= 4 is 50.8 Å². The number of hydrogen-bond acceptors (Lipinski definition) is 12. The topological polar surface area (TPSA) is 203 Å². The molecule has 216 valence electrons. The molecular weight excluding hydrogens is 546 g/mol. The van der Waals surface area contributed by atoms with E-state index >= 15 is 0 Å². The molecule has 4 rings (SSSR count). The fourth-order valence-electron chi connectivity index (χ4n) is 3.61. The monoisotopic (exact) mass is 574 g/mol. The molecule has 5 N–H and O–H groups in total. The number of ether oxygens (including phenoxy) is 2. The lowest BCUT2D eigenvalue weighted by Gasteiger charge is -2.21. The van der Waals surface area contributed by atoms with Gasteiger partial charge in [0.15, 0.2) is 17.3 Å². The van der Waals surface area contributed by atoms with E-state index in [-0.39, 0.29) is 53.0 Å². The number of para-hydroxylation sites is 1. The number of benzene rings is 1. The van der Waals surface area contributed by atoms with Gasteiger partial charge in [-0.1, -0.05) is 11.2 Å². The molecule has 1 saturated carbocycles. The number of carbonyl (C=O) groups excluding carboxylic acids is 3. The number of nitrogens with one attached hydrogen (secondary N) is 4. The molecule has 1 aromatic carbocycles. The molecule has 3 aromatic rings. The Morgan fingerprint density at radius 3 is 2.52 bits per heavy atom. The Balaban J connectivity index is 1.61. The average Bonchev–Trinajstić information content (AvgIpc) is 3.63. The molecule has 0 aliphatic heterocycles. The van der Waals surface area contributed by atoms with Crippen molar-refractivity contribution in [3.05, 3.63) is 35.9 Å². The number of alkyl carbamates (subject to hydrolysis) is 1. The molecule has 0 saturated heterocycles. The smallest absolute Gasteiger partial charge is 0.408 e. The number of hydrogen-bond donors (Lipinski definition) is 5. The van der Waals surface area contributed by atoms with Crippen LogP contribution in [0.15, 0.2) is 28.8 Å². The van der Waals surface area contributed by atoms with Crippen LogP contribution in [0, 0.1) is 5.92 Å². The van der Waals surface area contributed by atoms with E-state index in [9.17, 15) is 19.5 Å². The summed E-state index contributed by atoms with van der Waals surface area (Å²) < 4.78 is 16.1. The van der Waals surface area contributed by atoms with Gasteiger partial charge in [-0.3, -0.25) is 9.59 Å². The quantitative estimate of drug-likeness (QED) is 0.172. The Kier molecular flexibility index (Phi) is 8.70. The molecule has 2 heterocycles. The van der Waals surface area contributed by atoms with Gasteiger partial charge in [0.25, 0.3) is 5.91 Å². The van der Waals surface area contributed by atoms with E-state index in [1.54, 1.807) is 39.0 Å². The second kappa shape index (κ2) is 12.1. The molecule has 3 amide bonds. The van der Waals surface area contributed by atoms with E-state index in [0.29, 0.717) is 11.3 Å². The molecule has 1 fully saturated rings. The van der Waals surface area contributed by atoms with Crippen LogP contribution in [-0.2, 0) is 16.1 Å². The van der Waals surface area contributed by atoms with E-state index in [1.807, 2.05) is 5.32 Å². The van der Waals surface area contributed by atoms with Crippen molar-refractivity contribution in [2.24, 2.45) is 5.92 Å². The Labute approximate surface area is 243 Å². The first-order chi connectivity index (χ1) is 19.7. The molecular formula is C25H28B2N8O7. The molecule has 17 heteroatoms. The van der Waals surface area contributed by atoms with Crippen LogP contribution in [0.3, 0.4) is 0 Å². The number of methoxy groups -OCH3 is 1. The lowest BCUT2D eigenvalue weighted by molar-refractivity contribution is -0.117. The van der Waals surface area contributed by atoms with Gasteiger partial charge in [-0.25, -0.2) is 4.79 Å². The summed E-state index contributed by atoms with van der Waals surface area (Å²) in [6.07, 6.45) is 0.900. The standard InChI is InChI=1S/C25H28B2N8O7/c1-24(2,3)41-23(38)28-11-17-31-20(35-42-17)13-6-5-7-14(19(13)40-4)29-15-10-16(30-21(36)12-8-9-12)33-34-18(15)22(37)32-25(26,27)39/h5-7,10,12,39H,8-9,11H2,1-4H3,(H,28,38)(H,32,37)(H2,29,30,33,36). The summed E-state index contributed by atoms with van der Waals surface area (Å²) in [4.78, 5) is 41.3. The third-order valence-corrected chi connectivity index (χ3v) is 5.50. The summed E-state index contributed by atoms with van der Waals surface area (Å²) >= 11 is 0. The zero-order valence-corrected chi connectivity index (χ0v) is 23.3. The zero-order chi connectivity index (χ0) is 30.7. The van der Waals surface area contributed by atoms with Gasteiger partial charge in [-0.15, -0.1) is 10.2 Å². The maximum Gasteiger partial charge on any atom is 0.408 e. The minimum atomic E-state index is -2.53. The van der Waals surface area contributed by atoms with E-state index in [2.05, 4.69) is 36.3 Å². The third kappa shape index (κ3) is 8.19. The molecule has 1 aliphatic carbocycles. The van der Waals surface area contributed by atoms with E-state index < -0.39 is 23.1 Å². The third-order valence-electron chi connectivity index (χ3n) is 5.50. The van der Waals surface area contributed by atoms with Crippen molar-refractivity contribution in [3.63, 3.8) is 0 Å². The van der Waals surface area contributed by atoms with Crippen molar-refractivity contribution in [3.8, 4) is 17.1 Å². The number of amides is 3. The molecule has 2 aromatic heterocycles. The molecule has 0 atom stereocenters. The van der Waals surface area contributed by atoms with Crippen molar-refractivity contribution in [1.82, 2.24) is 31.0 Å². The summed E-state index contributed by atoms with van der Waals surface area (Å²) in [5.41, 5.74) is -2.68. The minimum absolute atomic E-state index is 0.0728. The summed E-state index contributed by atoms with van der Waals surface area (Å²) in [5, 5.41) is 31.7. The Hall–Kier alpha value is -4.66. The van der Waals surface area contributed by atoms with E-state index in [1.165, 1.54) is 13.2 Å². The number of anilines is 3. The number of rotatable bonds is 10. The summed E-state index contributed by atoms with van der Waals surface area (Å²) in [6, 6.07) is 6.36. The van der Waals surface area contributed by atoms with Gasteiger partial charge >= 0.3 is 6.09 Å². The largest absolute Gasteiger partial charge is 0.494 e. The van der Waals surface area contributed by atoms with Gasteiger partial charge in [0, 0.05) is 17.5 Å². The van der Waals surface area contributed by atoms with Crippen LogP contribution in [0.1, 0.15) is 50.0 Å². The summed E-state index contributed by atoms with van der Waals surface area (Å²) in [7, 11) is 12.0. The van der Waals surface area contributed by atoms with Crippen molar-refractivity contribution in [2.45, 2.75) is 51.3 Å². The van der Waals surface area contributed by atoms with Crippen molar-refractivity contribution in [2.75, 3.05) is 17.7 Å². The summed E-state index contributed by atoms with van der Waals surface area (Å²) in [6.45, 7) is 5.14. The molecule has 42 heavy (non-hydrogen) atoms. The van der Waals surface area contributed by atoms with Gasteiger partial charge in [-0.05, 0) is 45.7 Å². The second-order valence-corrected chi connectivity index (χ2v) is 10.4. The first-order valence-corrected chi connectivity index (χ1v) is 12.8. The highest BCUT2D eigenvalue weighted by Gasteiger charge is 2.30. The van der Waals surface area contributed by atoms with Crippen LogP contribution in [0.25, 0.3) is 11.4 Å². The Bertz CT molecular complexity index is 1480. The van der Waals surface area contributed by atoms with Gasteiger partial charge in [0.05, 0.1) is 24.0 Å². The normalized spacial score (nSPS) is 13.2. The lowest BCUT2D eigenvalue weighted by Crippen LogP contribution is -2.49. The Morgan fingerprint density at radius 1 is 1.14 bits per heavy atom.